The number of esters is 1. The summed E-state index contributed by atoms with van der Waals surface area (Å²) in [6.07, 6.45) is 2.04. The van der Waals surface area contributed by atoms with Crippen molar-refractivity contribution >= 4 is 17.3 Å². The van der Waals surface area contributed by atoms with Crippen molar-refractivity contribution in [1.29, 1.82) is 0 Å². The van der Waals surface area contributed by atoms with Crippen LogP contribution in [-0.4, -0.2) is 44.3 Å². The average Bonchev–Trinajstić information content (AvgIpc) is 2.79. The number of hydrogen-bond donors (Lipinski definition) is 0. The lowest BCUT2D eigenvalue weighted by atomic mass is 9.89. The van der Waals surface area contributed by atoms with Gasteiger partial charge in [0.05, 0.1) is 24.6 Å². The van der Waals surface area contributed by atoms with Gasteiger partial charge < -0.3 is 14.4 Å². The maximum absolute atomic E-state index is 12.0. The van der Waals surface area contributed by atoms with Crippen LogP contribution in [0, 0.1) is 10.1 Å². The van der Waals surface area contributed by atoms with Crippen molar-refractivity contribution in [1.82, 2.24) is 0 Å². The highest BCUT2D eigenvalue weighted by Gasteiger charge is 2.27. The summed E-state index contributed by atoms with van der Waals surface area (Å²) in [4.78, 5) is 25.6. The normalized spacial score (nSPS) is 15.5. The number of carbonyl (C=O) groups is 1. The molecule has 1 unspecified atom stereocenters. The minimum Gasteiger partial charge on any atom is -0.466 e. The van der Waals surface area contributed by atoms with Crippen LogP contribution >= 0.6 is 0 Å². The molecular weight excluding hydrogens is 396 g/mol. The van der Waals surface area contributed by atoms with Crippen molar-refractivity contribution in [3.8, 4) is 0 Å². The quantitative estimate of drug-likeness (QED) is 0.329. The van der Waals surface area contributed by atoms with E-state index in [2.05, 4.69) is 29.2 Å². The first-order valence-corrected chi connectivity index (χ1v) is 10.8. The highest BCUT2D eigenvalue weighted by molar-refractivity contribution is 5.71. The number of nitro benzene ring substituents is 1. The van der Waals surface area contributed by atoms with Crippen LogP contribution in [0.25, 0.3) is 0 Å². The Bertz CT molecular complexity index is 879. The number of carbonyl (C=O) groups excluding carboxylic acids is 1. The first-order chi connectivity index (χ1) is 15.0. The van der Waals surface area contributed by atoms with Gasteiger partial charge in [0, 0.05) is 32.2 Å². The van der Waals surface area contributed by atoms with Gasteiger partial charge in [-0.25, -0.2) is 0 Å². The summed E-state index contributed by atoms with van der Waals surface area (Å²) in [6, 6.07) is 15.7. The van der Waals surface area contributed by atoms with Crippen molar-refractivity contribution in [2.45, 2.75) is 38.0 Å². The van der Waals surface area contributed by atoms with Crippen molar-refractivity contribution in [3.63, 3.8) is 0 Å². The molecular formula is C24H30N2O5. The van der Waals surface area contributed by atoms with E-state index in [1.807, 2.05) is 18.2 Å². The summed E-state index contributed by atoms with van der Waals surface area (Å²) in [7, 11) is 1.55. The Hall–Kier alpha value is -2.93. The minimum atomic E-state index is -0.337. The number of hydrogen-bond acceptors (Lipinski definition) is 6. The van der Waals surface area contributed by atoms with E-state index in [9.17, 15) is 14.9 Å². The number of nitrogens with zero attached hydrogens (tertiary/aromatic N) is 2. The Balaban J connectivity index is 1.77. The van der Waals surface area contributed by atoms with E-state index >= 15 is 0 Å². The summed E-state index contributed by atoms with van der Waals surface area (Å²) in [5.41, 5.74) is 2.74. The number of nitro groups is 1. The fourth-order valence-electron chi connectivity index (χ4n) is 4.28. The topological polar surface area (TPSA) is 81.9 Å². The zero-order chi connectivity index (χ0) is 22.2. The minimum absolute atomic E-state index is 0.0700. The lowest BCUT2D eigenvalue weighted by molar-refractivity contribution is -0.384. The molecule has 2 aromatic rings. The van der Waals surface area contributed by atoms with Gasteiger partial charge in [-0.05, 0) is 42.9 Å². The highest BCUT2D eigenvalue weighted by atomic mass is 16.6. The average molecular weight is 427 g/mol. The van der Waals surface area contributed by atoms with Crippen molar-refractivity contribution in [2.24, 2.45) is 0 Å². The first-order valence-electron chi connectivity index (χ1n) is 10.8. The lowest BCUT2D eigenvalue weighted by Gasteiger charge is -2.33. The molecule has 1 aliphatic rings. The molecule has 7 heteroatoms. The Morgan fingerprint density at radius 3 is 2.52 bits per heavy atom. The SMILES string of the molecule is CCOC(=O)CC(COC)c1ccc(N2CCC(c3ccccc3)CC2)c([N+](=O)[O-])c1. The van der Waals surface area contributed by atoms with E-state index in [4.69, 9.17) is 9.47 Å². The molecule has 31 heavy (non-hydrogen) atoms. The van der Waals surface area contributed by atoms with E-state index in [1.54, 1.807) is 20.1 Å². The molecule has 0 radical (unpaired) electrons. The molecule has 0 bridgehead atoms. The number of benzene rings is 2. The fraction of sp³-hybridized carbons (Fsp3) is 0.458. The molecule has 1 fully saturated rings. The zero-order valence-electron chi connectivity index (χ0n) is 18.2. The van der Waals surface area contributed by atoms with Gasteiger partial charge in [0.15, 0.2) is 0 Å². The molecule has 2 aromatic carbocycles. The first kappa shape index (κ1) is 22.7. The largest absolute Gasteiger partial charge is 0.466 e. The number of anilines is 1. The van der Waals surface area contributed by atoms with Crippen molar-refractivity contribution in [2.75, 3.05) is 38.3 Å². The lowest BCUT2D eigenvalue weighted by Crippen LogP contribution is -2.33. The van der Waals surface area contributed by atoms with Crippen LogP contribution in [0.4, 0.5) is 11.4 Å². The second-order valence-electron chi connectivity index (χ2n) is 7.84. The van der Waals surface area contributed by atoms with Gasteiger partial charge in [0.2, 0.25) is 0 Å². The fourth-order valence-corrected chi connectivity index (χ4v) is 4.28. The van der Waals surface area contributed by atoms with Gasteiger partial charge in [-0.1, -0.05) is 36.4 Å². The van der Waals surface area contributed by atoms with Crippen LogP contribution in [-0.2, 0) is 14.3 Å². The molecule has 1 atom stereocenters. The molecule has 0 amide bonds. The smallest absolute Gasteiger partial charge is 0.306 e. The summed E-state index contributed by atoms with van der Waals surface area (Å²) >= 11 is 0. The third-order valence-corrected chi connectivity index (χ3v) is 5.86. The standard InChI is InChI=1S/C24H30N2O5/c1-3-31-24(27)16-21(17-30-2)20-9-10-22(23(15-20)26(28)29)25-13-11-19(12-14-25)18-7-5-4-6-8-18/h4-10,15,19,21H,3,11-14,16-17H2,1-2H3. The van der Waals surface area contributed by atoms with E-state index in [0.29, 0.717) is 23.8 Å². The highest BCUT2D eigenvalue weighted by Crippen LogP contribution is 2.37. The molecule has 3 rings (SSSR count). The molecule has 0 aromatic heterocycles. The number of rotatable bonds is 9. The molecule has 0 aliphatic carbocycles. The van der Waals surface area contributed by atoms with Crippen molar-refractivity contribution in [3.05, 3.63) is 69.8 Å². The van der Waals surface area contributed by atoms with Gasteiger partial charge in [-0.15, -0.1) is 0 Å². The Kier molecular flexibility index (Phi) is 8.00. The maximum atomic E-state index is 12.0. The summed E-state index contributed by atoms with van der Waals surface area (Å²) < 4.78 is 10.3. The van der Waals surface area contributed by atoms with E-state index < -0.39 is 0 Å². The Morgan fingerprint density at radius 2 is 1.90 bits per heavy atom. The Morgan fingerprint density at radius 1 is 1.19 bits per heavy atom. The van der Waals surface area contributed by atoms with Gasteiger partial charge in [-0.3, -0.25) is 14.9 Å². The third-order valence-electron chi connectivity index (χ3n) is 5.86. The van der Waals surface area contributed by atoms with Gasteiger partial charge in [0.1, 0.15) is 5.69 Å². The van der Waals surface area contributed by atoms with Crippen molar-refractivity contribution < 1.29 is 19.2 Å². The molecule has 0 spiro atoms. The molecule has 7 nitrogen and oxygen atoms in total. The second-order valence-corrected chi connectivity index (χ2v) is 7.84. The third kappa shape index (κ3) is 5.82. The van der Waals surface area contributed by atoms with Gasteiger partial charge in [-0.2, -0.15) is 0 Å². The van der Waals surface area contributed by atoms with Crippen LogP contribution in [0.1, 0.15) is 49.1 Å². The van der Waals surface area contributed by atoms with E-state index in [-0.39, 0.29) is 35.5 Å². The van der Waals surface area contributed by atoms with E-state index in [1.165, 1.54) is 5.56 Å². The zero-order valence-corrected chi connectivity index (χ0v) is 18.2. The van der Waals surface area contributed by atoms with Crippen LogP contribution < -0.4 is 4.90 Å². The monoisotopic (exact) mass is 426 g/mol. The predicted octanol–water partition coefficient (Wildman–Crippen LogP) is 4.66. The van der Waals surface area contributed by atoms with Crippen LogP contribution in [0.15, 0.2) is 48.5 Å². The molecule has 1 saturated heterocycles. The van der Waals surface area contributed by atoms with Crippen LogP contribution in [0.5, 0.6) is 0 Å². The van der Waals surface area contributed by atoms with Gasteiger partial charge >= 0.3 is 5.97 Å². The predicted molar refractivity (Wildman–Crippen MR) is 120 cm³/mol. The van der Waals surface area contributed by atoms with E-state index in [0.717, 1.165) is 25.9 Å². The maximum Gasteiger partial charge on any atom is 0.306 e. The second kappa shape index (κ2) is 10.9. The molecule has 0 N–H and O–H groups in total. The summed E-state index contributed by atoms with van der Waals surface area (Å²) in [5, 5.41) is 11.9. The molecule has 0 saturated carbocycles. The molecule has 1 aliphatic heterocycles. The summed E-state index contributed by atoms with van der Waals surface area (Å²) in [5.74, 6) is -0.147. The summed E-state index contributed by atoms with van der Waals surface area (Å²) in [6.45, 7) is 3.88. The number of methoxy groups -OCH3 is 1. The number of piperidine rings is 1. The van der Waals surface area contributed by atoms with Crippen LogP contribution in [0.3, 0.4) is 0 Å². The van der Waals surface area contributed by atoms with Crippen LogP contribution in [0.2, 0.25) is 0 Å². The molecule has 1 heterocycles. The Labute approximate surface area is 183 Å². The number of ether oxygens (including phenoxy) is 2. The molecule has 166 valence electrons. The van der Waals surface area contributed by atoms with Gasteiger partial charge in [0.25, 0.3) is 5.69 Å².